The molecule has 0 unspecified atom stereocenters. The van der Waals surface area contributed by atoms with Crippen molar-refractivity contribution in [3.05, 3.63) is 56.6 Å². The molecule has 21 heavy (non-hydrogen) atoms. The Morgan fingerprint density at radius 2 is 2.14 bits per heavy atom. The van der Waals surface area contributed by atoms with E-state index in [4.69, 9.17) is 5.73 Å². The molecule has 0 saturated heterocycles. The Bertz CT molecular complexity index is 810. The first-order chi connectivity index (χ1) is 9.86. The lowest BCUT2D eigenvalue weighted by Crippen LogP contribution is -2.34. The van der Waals surface area contributed by atoms with Crippen LogP contribution in [0.25, 0.3) is 0 Å². The smallest absolute Gasteiger partial charge is 0.328 e. The molecule has 1 aromatic heterocycles. The topological polar surface area (TPSA) is 110 Å². The monoisotopic (exact) mass is 292 g/mol. The third-order valence-corrected chi connectivity index (χ3v) is 2.78. The van der Waals surface area contributed by atoms with Crippen LogP contribution in [0.3, 0.4) is 0 Å². The van der Waals surface area contributed by atoms with Crippen molar-refractivity contribution >= 4 is 17.3 Å². The van der Waals surface area contributed by atoms with Crippen LogP contribution >= 0.6 is 0 Å². The van der Waals surface area contributed by atoms with Crippen LogP contribution in [0.15, 0.2) is 34.0 Å². The largest absolute Gasteiger partial charge is 0.396 e. The van der Waals surface area contributed by atoms with E-state index in [0.29, 0.717) is 11.3 Å². The molecule has 0 bridgehead atoms. The molecular formula is C13H13FN4O3. The van der Waals surface area contributed by atoms with Crippen LogP contribution in [0.2, 0.25) is 0 Å². The number of aromatic nitrogens is 2. The van der Waals surface area contributed by atoms with Crippen LogP contribution in [-0.2, 0) is 11.3 Å². The van der Waals surface area contributed by atoms with Gasteiger partial charge in [-0.1, -0.05) is 0 Å². The van der Waals surface area contributed by atoms with Gasteiger partial charge in [-0.3, -0.25) is 19.1 Å². The highest BCUT2D eigenvalue weighted by Gasteiger charge is 2.08. The Labute approximate surface area is 118 Å². The number of carbonyl (C=O) groups excluding carboxylic acids is 1. The number of anilines is 2. The standard InChI is InChI=1S/C13H13FN4O3/c1-7-5-18(13(21)17-12(7)20)6-11(19)16-8-2-3-9(14)10(15)4-8/h2-5H,6,15H2,1H3,(H,16,19)(H,17,20,21). The zero-order valence-electron chi connectivity index (χ0n) is 11.1. The second-order valence-corrected chi connectivity index (χ2v) is 4.48. The minimum atomic E-state index is -0.681. The van der Waals surface area contributed by atoms with Gasteiger partial charge in [-0.05, 0) is 25.1 Å². The zero-order chi connectivity index (χ0) is 15.6. The number of halogens is 1. The summed E-state index contributed by atoms with van der Waals surface area (Å²) in [6.45, 7) is 1.24. The van der Waals surface area contributed by atoms with E-state index in [1.165, 1.54) is 25.3 Å². The van der Waals surface area contributed by atoms with Gasteiger partial charge in [0.05, 0.1) is 5.69 Å². The lowest BCUT2D eigenvalue weighted by atomic mass is 10.2. The van der Waals surface area contributed by atoms with Crippen molar-refractivity contribution in [3.8, 4) is 0 Å². The van der Waals surface area contributed by atoms with E-state index in [-0.39, 0.29) is 12.2 Å². The average Bonchev–Trinajstić information content (AvgIpc) is 2.40. The first-order valence-corrected chi connectivity index (χ1v) is 6.02. The second kappa shape index (κ2) is 5.61. The Morgan fingerprint density at radius 3 is 2.81 bits per heavy atom. The lowest BCUT2D eigenvalue weighted by molar-refractivity contribution is -0.116. The molecule has 1 heterocycles. The van der Waals surface area contributed by atoms with Gasteiger partial charge in [0.2, 0.25) is 5.91 Å². The first-order valence-electron chi connectivity index (χ1n) is 6.02. The molecule has 0 saturated carbocycles. The van der Waals surface area contributed by atoms with E-state index in [1.54, 1.807) is 0 Å². The van der Waals surface area contributed by atoms with Crippen molar-refractivity contribution in [1.82, 2.24) is 9.55 Å². The fourth-order valence-corrected chi connectivity index (χ4v) is 1.71. The van der Waals surface area contributed by atoms with Crippen molar-refractivity contribution in [2.24, 2.45) is 0 Å². The van der Waals surface area contributed by atoms with Gasteiger partial charge in [0.15, 0.2) is 0 Å². The number of H-pyrrole nitrogens is 1. The molecule has 1 aromatic carbocycles. The fraction of sp³-hybridized carbons (Fsp3) is 0.154. The summed E-state index contributed by atoms with van der Waals surface area (Å²) in [7, 11) is 0. The number of carbonyl (C=O) groups is 1. The quantitative estimate of drug-likeness (QED) is 0.702. The van der Waals surface area contributed by atoms with E-state index in [9.17, 15) is 18.8 Å². The molecule has 0 atom stereocenters. The highest BCUT2D eigenvalue weighted by atomic mass is 19.1. The number of benzene rings is 1. The third-order valence-electron chi connectivity index (χ3n) is 2.78. The van der Waals surface area contributed by atoms with Crippen LogP contribution in [0.4, 0.5) is 15.8 Å². The number of hydrogen-bond donors (Lipinski definition) is 3. The maximum atomic E-state index is 13.0. The molecule has 0 radical (unpaired) electrons. The predicted octanol–water partition coefficient (Wildman–Crippen LogP) is 0.205. The van der Waals surface area contributed by atoms with Gasteiger partial charge in [-0.2, -0.15) is 0 Å². The Morgan fingerprint density at radius 1 is 1.43 bits per heavy atom. The number of nitrogens with two attached hydrogens (primary N) is 1. The predicted molar refractivity (Wildman–Crippen MR) is 75.5 cm³/mol. The van der Waals surface area contributed by atoms with Crippen LogP contribution in [0.1, 0.15) is 5.56 Å². The van der Waals surface area contributed by atoms with Gasteiger partial charge in [0.25, 0.3) is 5.56 Å². The number of rotatable bonds is 3. The summed E-state index contributed by atoms with van der Waals surface area (Å²) < 4.78 is 14.1. The average molecular weight is 292 g/mol. The molecule has 7 nitrogen and oxygen atoms in total. The molecule has 2 rings (SSSR count). The Kier molecular flexibility index (Phi) is 3.88. The summed E-state index contributed by atoms with van der Waals surface area (Å²) in [5, 5.41) is 2.48. The van der Waals surface area contributed by atoms with Gasteiger partial charge in [-0.15, -0.1) is 0 Å². The van der Waals surface area contributed by atoms with Gasteiger partial charge < -0.3 is 11.1 Å². The molecule has 0 aliphatic heterocycles. The number of nitrogens with one attached hydrogen (secondary N) is 2. The van der Waals surface area contributed by atoms with E-state index in [2.05, 4.69) is 10.3 Å². The van der Waals surface area contributed by atoms with Crippen LogP contribution < -0.4 is 22.3 Å². The summed E-state index contributed by atoms with van der Waals surface area (Å²) in [5.41, 5.74) is 4.74. The molecule has 2 aromatic rings. The summed E-state index contributed by atoms with van der Waals surface area (Å²) in [5.74, 6) is -1.09. The van der Waals surface area contributed by atoms with Crippen molar-refractivity contribution < 1.29 is 9.18 Å². The zero-order valence-corrected chi connectivity index (χ0v) is 11.1. The maximum Gasteiger partial charge on any atom is 0.328 e. The summed E-state index contributed by atoms with van der Waals surface area (Å²) in [4.78, 5) is 36.7. The van der Waals surface area contributed by atoms with Gasteiger partial charge in [-0.25, -0.2) is 9.18 Å². The first kappa shape index (κ1) is 14.5. The molecule has 0 spiro atoms. The Hall–Kier alpha value is -2.90. The van der Waals surface area contributed by atoms with E-state index < -0.39 is 23.0 Å². The number of aryl methyl sites for hydroxylation is 1. The van der Waals surface area contributed by atoms with Crippen LogP contribution in [0, 0.1) is 12.7 Å². The van der Waals surface area contributed by atoms with Crippen molar-refractivity contribution in [3.63, 3.8) is 0 Å². The molecule has 110 valence electrons. The molecule has 0 aliphatic carbocycles. The fourth-order valence-electron chi connectivity index (χ4n) is 1.71. The minimum Gasteiger partial charge on any atom is -0.396 e. The highest BCUT2D eigenvalue weighted by Crippen LogP contribution is 2.16. The van der Waals surface area contributed by atoms with Crippen molar-refractivity contribution in [2.45, 2.75) is 13.5 Å². The number of aromatic amines is 1. The van der Waals surface area contributed by atoms with Crippen molar-refractivity contribution in [2.75, 3.05) is 11.1 Å². The van der Waals surface area contributed by atoms with Gasteiger partial charge in [0, 0.05) is 17.4 Å². The molecule has 0 fully saturated rings. The van der Waals surface area contributed by atoms with E-state index in [0.717, 1.165) is 10.6 Å². The normalized spacial score (nSPS) is 10.4. The van der Waals surface area contributed by atoms with Gasteiger partial charge in [0.1, 0.15) is 12.4 Å². The van der Waals surface area contributed by atoms with E-state index >= 15 is 0 Å². The summed E-state index contributed by atoms with van der Waals surface area (Å²) in [6, 6.07) is 3.75. The third kappa shape index (κ3) is 3.35. The number of nitrogens with zero attached hydrogens (tertiary/aromatic N) is 1. The van der Waals surface area contributed by atoms with Crippen molar-refractivity contribution in [1.29, 1.82) is 0 Å². The number of nitrogen functional groups attached to an aromatic ring is 1. The second-order valence-electron chi connectivity index (χ2n) is 4.48. The molecule has 4 N–H and O–H groups in total. The lowest BCUT2D eigenvalue weighted by Gasteiger charge is -2.08. The van der Waals surface area contributed by atoms with Gasteiger partial charge >= 0.3 is 5.69 Å². The minimum absolute atomic E-state index is 0.0927. The molecular weight excluding hydrogens is 279 g/mol. The highest BCUT2D eigenvalue weighted by molar-refractivity contribution is 5.91. The summed E-state index contributed by atoms with van der Waals surface area (Å²) in [6.07, 6.45) is 1.29. The van der Waals surface area contributed by atoms with Crippen LogP contribution in [-0.4, -0.2) is 15.5 Å². The molecule has 1 amide bonds. The van der Waals surface area contributed by atoms with Crippen LogP contribution in [0.5, 0.6) is 0 Å². The Balaban J connectivity index is 2.15. The van der Waals surface area contributed by atoms with E-state index in [1.807, 2.05) is 0 Å². The molecule has 0 aliphatic rings. The number of hydrogen-bond acceptors (Lipinski definition) is 4. The number of amides is 1. The summed E-state index contributed by atoms with van der Waals surface area (Å²) >= 11 is 0. The SMILES string of the molecule is Cc1cn(CC(=O)Nc2ccc(F)c(N)c2)c(=O)[nH]c1=O. The molecule has 8 heteroatoms. The maximum absolute atomic E-state index is 13.0.